The maximum atomic E-state index is 10.5. The molecule has 1 aliphatic heterocycles. The van der Waals surface area contributed by atoms with E-state index in [1.54, 1.807) is 6.20 Å². The fourth-order valence-electron chi connectivity index (χ4n) is 3.18. The van der Waals surface area contributed by atoms with Gasteiger partial charge in [-0.05, 0) is 23.8 Å². The van der Waals surface area contributed by atoms with Crippen LogP contribution in [0.1, 0.15) is 11.7 Å². The molecule has 1 fully saturated rings. The first-order chi connectivity index (χ1) is 11.8. The molecule has 1 aliphatic rings. The predicted octanol–water partition coefficient (Wildman–Crippen LogP) is 2.37. The Morgan fingerprint density at radius 3 is 2.62 bits per heavy atom. The molecule has 1 unspecified atom stereocenters. The normalized spacial score (nSPS) is 17.2. The molecule has 4 rings (SSSR count). The van der Waals surface area contributed by atoms with Gasteiger partial charge in [0.1, 0.15) is 0 Å². The van der Waals surface area contributed by atoms with Gasteiger partial charge in [-0.3, -0.25) is 4.90 Å². The van der Waals surface area contributed by atoms with Crippen molar-refractivity contribution in [2.75, 3.05) is 32.8 Å². The number of nitrogens with zero attached hydrogens (tertiary/aromatic N) is 3. The van der Waals surface area contributed by atoms with Crippen molar-refractivity contribution in [2.24, 2.45) is 0 Å². The first kappa shape index (κ1) is 15.3. The largest absolute Gasteiger partial charge is 0.387 e. The molecule has 0 aliphatic carbocycles. The highest BCUT2D eigenvalue weighted by Crippen LogP contribution is 2.23. The number of ether oxygens (including phenoxy) is 1. The number of rotatable bonds is 4. The molecular weight excluding hydrogens is 302 g/mol. The summed E-state index contributed by atoms with van der Waals surface area (Å²) >= 11 is 0. The third-order valence-electron chi connectivity index (χ3n) is 4.55. The van der Waals surface area contributed by atoms with Crippen molar-refractivity contribution in [3.8, 4) is 11.3 Å². The minimum atomic E-state index is -0.474. The van der Waals surface area contributed by atoms with E-state index < -0.39 is 6.10 Å². The monoisotopic (exact) mass is 323 g/mol. The quantitative estimate of drug-likeness (QED) is 0.801. The second-order valence-electron chi connectivity index (χ2n) is 6.13. The topological polar surface area (TPSA) is 50.0 Å². The Labute approximate surface area is 141 Å². The zero-order chi connectivity index (χ0) is 16.4. The third kappa shape index (κ3) is 3.06. The van der Waals surface area contributed by atoms with Crippen LogP contribution in [-0.2, 0) is 4.74 Å². The zero-order valence-corrected chi connectivity index (χ0v) is 13.5. The van der Waals surface area contributed by atoms with Crippen LogP contribution in [0.5, 0.6) is 0 Å². The van der Waals surface area contributed by atoms with Gasteiger partial charge in [-0.15, -0.1) is 0 Å². The van der Waals surface area contributed by atoms with Crippen molar-refractivity contribution in [1.29, 1.82) is 0 Å². The summed E-state index contributed by atoms with van der Waals surface area (Å²) in [5.74, 6) is 0. The van der Waals surface area contributed by atoms with Gasteiger partial charge in [0.25, 0.3) is 0 Å². The number of hydrogen-bond acceptors (Lipinski definition) is 4. The summed E-state index contributed by atoms with van der Waals surface area (Å²) in [4.78, 5) is 2.24. The van der Waals surface area contributed by atoms with E-state index >= 15 is 0 Å². The van der Waals surface area contributed by atoms with Crippen LogP contribution in [0, 0.1) is 0 Å². The van der Waals surface area contributed by atoms with Gasteiger partial charge >= 0.3 is 0 Å². The van der Waals surface area contributed by atoms with Gasteiger partial charge in [0.15, 0.2) is 0 Å². The van der Waals surface area contributed by atoms with E-state index in [4.69, 9.17) is 4.74 Å². The van der Waals surface area contributed by atoms with Gasteiger partial charge < -0.3 is 9.84 Å². The van der Waals surface area contributed by atoms with Gasteiger partial charge in [0.05, 0.1) is 36.7 Å². The lowest BCUT2D eigenvalue weighted by Crippen LogP contribution is -2.38. The standard InChI is InChI=1S/C19H21N3O2/c23-19(14-21-10-12-24-13-11-21)16-6-4-15(5-7-16)18-3-1-2-17-8-9-20-22(17)18/h1-9,19,23H,10-14H2. The summed E-state index contributed by atoms with van der Waals surface area (Å²) in [7, 11) is 0. The van der Waals surface area contributed by atoms with E-state index in [0.717, 1.165) is 48.6 Å². The SMILES string of the molecule is OC(CN1CCOCC1)c1ccc(-c2cccc3ccnn23)cc1. The second kappa shape index (κ2) is 6.73. The highest BCUT2D eigenvalue weighted by molar-refractivity contribution is 5.64. The molecule has 124 valence electrons. The van der Waals surface area contributed by atoms with Crippen LogP contribution >= 0.6 is 0 Å². The predicted molar refractivity (Wildman–Crippen MR) is 92.8 cm³/mol. The molecule has 2 aromatic heterocycles. The number of hydrogen-bond donors (Lipinski definition) is 1. The van der Waals surface area contributed by atoms with Crippen LogP contribution in [0.2, 0.25) is 0 Å². The average molecular weight is 323 g/mol. The molecule has 0 radical (unpaired) electrons. The maximum Gasteiger partial charge on any atom is 0.0916 e. The molecule has 0 amide bonds. The van der Waals surface area contributed by atoms with Crippen LogP contribution < -0.4 is 0 Å². The summed E-state index contributed by atoms with van der Waals surface area (Å²) in [6.07, 6.45) is 1.33. The molecule has 1 aromatic carbocycles. The summed E-state index contributed by atoms with van der Waals surface area (Å²) < 4.78 is 7.28. The minimum Gasteiger partial charge on any atom is -0.387 e. The Morgan fingerprint density at radius 1 is 1.04 bits per heavy atom. The van der Waals surface area contributed by atoms with Gasteiger partial charge in [-0.1, -0.05) is 30.3 Å². The van der Waals surface area contributed by atoms with E-state index in [1.165, 1.54) is 0 Å². The first-order valence-corrected chi connectivity index (χ1v) is 8.32. The Bertz CT molecular complexity index is 807. The Balaban J connectivity index is 1.53. The van der Waals surface area contributed by atoms with Crippen molar-refractivity contribution in [2.45, 2.75) is 6.10 Å². The molecule has 3 aromatic rings. The Morgan fingerprint density at radius 2 is 1.83 bits per heavy atom. The second-order valence-corrected chi connectivity index (χ2v) is 6.13. The van der Waals surface area contributed by atoms with Crippen molar-refractivity contribution >= 4 is 5.52 Å². The van der Waals surface area contributed by atoms with Crippen LogP contribution in [-0.4, -0.2) is 52.5 Å². The summed E-state index contributed by atoms with van der Waals surface area (Å²) in [6, 6.07) is 16.2. The molecule has 1 N–H and O–H groups in total. The highest BCUT2D eigenvalue weighted by Gasteiger charge is 2.16. The summed E-state index contributed by atoms with van der Waals surface area (Å²) in [5.41, 5.74) is 4.15. The molecular formula is C19H21N3O2. The molecule has 0 bridgehead atoms. The van der Waals surface area contributed by atoms with E-state index in [-0.39, 0.29) is 0 Å². The van der Waals surface area contributed by atoms with Gasteiger partial charge in [0.2, 0.25) is 0 Å². The van der Waals surface area contributed by atoms with Crippen molar-refractivity contribution in [3.63, 3.8) is 0 Å². The zero-order valence-electron chi connectivity index (χ0n) is 13.5. The lowest BCUT2D eigenvalue weighted by molar-refractivity contribution is 0.0143. The van der Waals surface area contributed by atoms with E-state index in [9.17, 15) is 5.11 Å². The number of pyridine rings is 1. The van der Waals surface area contributed by atoms with Crippen molar-refractivity contribution < 1.29 is 9.84 Å². The fraction of sp³-hybridized carbons (Fsp3) is 0.316. The van der Waals surface area contributed by atoms with Crippen molar-refractivity contribution in [3.05, 3.63) is 60.3 Å². The van der Waals surface area contributed by atoms with Gasteiger partial charge in [0, 0.05) is 25.2 Å². The Hall–Kier alpha value is -2.21. The molecule has 1 atom stereocenters. The van der Waals surface area contributed by atoms with Gasteiger partial charge in [-0.2, -0.15) is 5.10 Å². The van der Waals surface area contributed by atoms with E-state index in [2.05, 4.69) is 16.1 Å². The van der Waals surface area contributed by atoms with E-state index in [1.807, 2.05) is 47.0 Å². The third-order valence-corrected chi connectivity index (χ3v) is 4.55. The average Bonchev–Trinajstić information content (AvgIpc) is 3.11. The molecule has 24 heavy (non-hydrogen) atoms. The minimum absolute atomic E-state index is 0.474. The highest BCUT2D eigenvalue weighted by atomic mass is 16.5. The summed E-state index contributed by atoms with van der Waals surface area (Å²) in [6.45, 7) is 3.92. The van der Waals surface area contributed by atoms with Crippen LogP contribution in [0.4, 0.5) is 0 Å². The van der Waals surface area contributed by atoms with Crippen molar-refractivity contribution in [1.82, 2.24) is 14.5 Å². The Kier molecular flexibility index (Phi) is 4.30. The number of fused-ring (bicyclic) bond motifs is 1. The number of aliphatic hydroxyl groups is 1. The van der Waals surface area contributed by atoms with E-state index in [0.29, 0.717) is 6.54 Å². The molecule has 5 nitrogen and oxygen atoms in total. The number of β-amino-alcohol motifs (C(OH)–C–C–N with tert-alkyl or cyclic N) is 1. The molecule has 3 heterocycles. The smallest absolute Gasteiger partial charge is 0.0916 e. The van der Waals surface area contributed by atoms with Gasteiger partial charge in [-0.25, -0.2) is 4.52 Å². The number of morpholine rings is 1. The molecule has 1 saturated heterocycles. The van der Waals surface area contributed by atoms with Crippen LogP contribution in [0.15, 0.2) is 54.7 Å². The summed E-state index contributed by atoms with van der Waals surface area (Å²) in [5, 5.41) is 14.9. The maximum absolute atomic E-state index is 10.5. The van der Waals surface area contributed by atoms with Crippen LogP contribution in [0.3, 0.4) is 0 Å². The lowest BCUT2D eigenvalue weighted by Gasteiger charge is -2.28. The number of aromatic nitrogens is 2. The fourth-order valence-corrected chi connectivity index (χ4v) is 3.18. The van der Waals surface area contributed by atoms with Crippen LogP contribution in [0.25, 0.3) is 16.8 Å². The number of benzene rings is 1. The molecule has 0 saturated carbocycles. The molecule has 0 spiro atoms. The number of aliphatic hydroxyl groups excluding tert-OH is 1. The first-order valence-electron chi connectivity index (χ1n) is 8.32. The lowest BCUT2D eigenvalue weighted by atomic mass is 10.0. The molecule has 5 heteroatoms.